The monoisotopic (exact) mass is 518 g/mol. The number of carbonyl (C=O) groups excluding carboxylic acids is 1. The molecule has 2 heterocycles. The predicted octanol–water partition coefficient (Wildman–Crippen LogP) is 5.83. The molecule has 0 radical (unpaired) electrons. The predicted molar refractivity (Wildman–Crippen MR) is 134 cm³/mol. The number of fused-ring (bicyclic) bond motifs is 1. The molecule has 192 valence electrons. The van der Waals surface area contributed by atoms with Gasteiger partial charge in [-0.3, -0.25) is 4.79 Å². The third-order valence-corrected chi connectivity index (χ3v) is 6.39. The van der Waals surface area contributed by atoms with Crippen molar-refractivity contribution in [2.75, 3.05) is 6.54 Å². The zero-order valence-corrected chi connectivity index (χ0v) is 19.8. The van der Waals surface area contributed by atoms with Crippen LogP contribution in [0.2, 0.25) is 0 Å². The first-order valence-corrected chi connectivity index (χ1v) is 11.7. The maximum atomic E-state index is 14.3. The van der Waals surface area contributed by atoms with E-state index in [1.54, 1.807) is 48.5 Å². The first kappa shape index (κ1) is 24.8. The molecular weight excluding hydrogens is 498 g/mol. The number of carbonyl (C=O) groups is 2. The van der Waals surface area contributed by atoms with Gasteiger partial charge in [0.05, 0.1) is 5.39 Å². The Labute approximate surface area is 215 Å². The van der Waals surface area contributed by atoms with E-state index in [0.717, 1.165) is 12.1 Å². The summed E-state index contributed by atoms with van der Waals surface area (Å²) < 4.78 is 39.8. The third kappa shape index (κ3) is 4.74. The van der Waals surface area contributed by atoms with Crippen LogP contribution in [-0.4, -0.2) is 34.5 Å². The van der Waals surface area contributed by atoms with Crippen molar-refractivity contribution in [2.24, 2.45) is 0 Å². The summed E-state index contributed by atoms with van der Waals surface area (Å²) in [5.41, 5.74) is 1.94. The number of rotatable bonds is 6. The fraction of sp³-hybridized carbons (Fsp3) is 0.179. The van der Waals surface area contributed by atoms with Crippen LogP contribution in [0.25, 0.3) is 27.1 Å². The molecule has 8 nitrogen and oxygen atoms in total. The highest BCUT2D eigenvalue weighted by atomic mass is 19.2. The molecule has 1 fully saturated rings. The molecule has 0 bridgehead atoms. The van der Waals surface area contributed by atoms with Crippen LogP contribution in [0.4, 0.5) is 8.78 Å². The van der Waals surface area contributed by atoms with Crippen LogP contribution in [0.15, 0.2) is 65.1 Å². The van der Waals surface area contributed by atoms with Crippen molar-refractivity contribution < 1.29 is 32.6 Å². The van der Waals surface area contributed by atoms with E-state index in [9.17, 15) is 28.7 Å². The largest absolute Gasteiger partial charge is 0.498 e. The lowest BCUT2D eigenvalue weighted by atomic mass is 10.0. The molecule has 1 saturated heterocycles. The summed E-state index contributed by atoms with van der Waals surface area (Å²) >= 11 is 0. The van der Waals surface area contributed by atoms with Crippen LogP contribution in [0.3, 0.4) is 0 Å². The number of carboxylic acids is 1. The van der Waals surface area contributed by atoms with Crippen LogP contribution in [0.1, 0.15) is 34.5 Å². The van der Waals surface area contributed by atoms with E-state index in [4.69, 9.17) is 9.15 Å². The zero-order chi connectivity index (χ0) is 26.8. The molecule has 0 saturated carbocycles. The first-order chi connectivity index (χ1) is 18.4. The minimum Gasteiger partial charge on any atom is -0.498 e. The topological polar surface area (TPSA) is 107 Å². The Morgan fingerprint density at radius 1 is 1.16 bits per heavy atom. The summed E-state index contributed by atoms with van der Waals surface area (Å²) in [6, 6.07) is 16.8. The number of benzene rings is 3. The quantitative estimate of drug-likeness (QED) is 0.322. The van der Waals surface area contributed by atoms with Gasteiger partial charge < -0.3 is 24.4 Å². The van der Waals surface area contributed by atoms with E-state index in [-0.39, 0.29) is 34.8 Å². The van der Waals surface area contributed by atoms with E-state index in [1.165, 1.54) is 4.90 Å². The number of carboxylic acid groups (broad SMARTS) is 1. The zero-order valence-electron chi connectivity index (χ0n) is 19.8. The van der Waals surface area contributed by atoms with Crippen molar-refractivity contribution in [3.63, 3.8) is 0 Å². The van der Waals surface area contributed by atoms with Crippen molar-refractivity contribution in [1.82, 2.24) is 4.90 Å². The van der Waals surface area contributed by atoms with Gasteiger partial charge in [-0.05, 0) is 54.3 Å². The normalized spacial score (nSPS) is 14.8. The molecular formula is C28H20F2N2O6. The molecule has 5 rings (SSSR count). The Bertz CT molecular complexity index is 1600. The van der Waals surface area contributed by atoms with Gasteiger partial charge in [0, 0.05) is 28.7 Å². The second-order valence-corrected chi connectivity index (χ2v) is 8.78. The lowest BCUT2D eigenvalue weighted by Gasteiger charge is -2.21. The smallest absolute Gasteiger partial charge is 0.375 e. The molecule has 0 unspecified atom stereocenters. The van der Waals surface area contributed by atoms with Gasteiger partial charge in [0.2, 0.25) is 0 Å². The standard InChI is InChI=1S/C28H20F2N2O6/c29-23-13-21(26-22(25(23)30)12-20(38-26)14-31-36)17-6-8-19(9-7-17)37-15-16-3-1-4-18(11-16)27(33)32-10-2-5-24(32)28(34)35/h1,3-4,6-9,11-13,24H,2,5,10,15H2,(H,34,35)/t24-/m0/s1. The fourth-order valence-electron chi connectivity index (χ4n) is 4.58. The molecule has 4 aromatic rings. The lowest BCUT2D eigenvalue weighted by Crippen LogP contribution is -2.40. The van der Waals surface area contributed by atoms with Gasteiger partial charge in [0.25, 0.3) is 11.7 Å². The Kier molecular flexibility index (Phi) is 6.66. The highest BCUT2D eigenvalue weighted by molar-refractivity contribution is 5.97. The summed E-state index contributed by atoms with van der Waals surface area (Å²) in [6.07, 6.45) is 1.08. The number of amides is 1. The molecule has 0 aliphatic carbocycles. The van der Waals surface area contributed by atoms with Crippen LogP contribution < -0.4 is 4.74 Å². The minimum atomic E-state index is -1.10. The van der Waals surface area contributed by atoms with E-state index < -0.39 is 23.6 Å². The number of hydrogen-bond acceptors (Lipinski definition) is 5. The number of likely N-dealkylation sites (tertiary alicyclic amines) is 1. The summed E-state index contributed by atoms with van der Waals surface area (Å²) in [4.78, 5) is 25.7. The molecule has 10 heteroatoms. The van der Waals surface area contributed by atoms with Gasteiger partial charge in [-0.2, -0.15) is 0 Å². The van der Waals surface area contributed by atoms with Crippen molar-refractivity contribution in [2.45, 2.75) is 25.5 Å². The fourth-order valence-corrected chi connectivity index (χ4v) is 4.58. The molecule has 38 heavy (non-hydrogen) atoms. The average molecular weight is 518 g/mol. The van der Waals surface area contributed by atoms with Crippen molar-refractivity contribution in [3.05, 3.63) is 99.4 Å². The summed E-state index contributed by atoms with van der Waals surface area (Å²) in [5, 5.41) is 22.2. The van der Waals surface area contributed by atoms with Gasteiger partial charge in [0.1, 0.15) is 24.0 Å². The maximum Gasteiger partial charge on any atom is 0.375 e. The Morgan fingerprint density at radius 2 is 1.95 bits per heavy atom. The highest BCUT2D eigenvalue weighted by Crippen LogP contribution is 2.35. The van der Waals surface area contributed by atoms with Gasteiger partial charge in [-0.25, -0.2) is 13.6 Å². The third-order valence-electron chi connectivity index (χ3n) is 6.39. The van der Waals surface area contributed by atoms with Gasteiger partial charge in [-0.15, -0.1) is 0 Å². The van der Waals surface area contributed by atoms with E-state index in [0.29, 0.717) is 41.8 Å². The maximum absolute atomic E-state index is 14.3. The molecule has 0 spiro atoms. The van der Waals surface area contributed by atoms with E-state index >= 15 is 0 Å². The second-order valence-electron chi connectivity index (χ2n) is 8.78. The molecule has 1 N–H and O–H groups in total. The number of aliphatic carboxylic acids is 1. The molecule has 1 aliphatic rings. The van der Waals surface area contributed by atoms with Gasteiger partial charge >= 0.3 is 12.0 Å². The number of hydrogen-bond donors (Lipinski definition) is 1. The number of halogens is 2. The van der Waals surface area contributed by atoms with Crippen LogP contribution in [0, 0.1) is 22.9 Å². The van der Waals surface area contributed by atoms with Crippen molar-refractivity contribution >= 4 is 22.8 Å². The van der Waals surface area contributed by atoms with Crippen LogP contribution >= 0.6 is 0 Å². The highest BCUT2D eigenvalue weighted by Gasteiger charge is 2.34. The Hall–Kier alpha value is -4.91. The van der Waals surface area contributed by atoms with Crippen molar-refractivity contribution in [3.8, 4) is 22.9 Å². The summed E-state index contributed by atoms with van der Waals surface area (Å²) in [5.74, 6) is -3.15. The first-order valence-electron chi connectivity index (χ1n) is 11.7. The van der Waals surface area contributed by atoms with Crippen LogP contribution in [-0.2, 0) is 11.4 Å². The Balaban J connectivity index is 1.32. The van der Waals surface area contributed by atoms with E-state index in [2.05, 4.69) is 5.01 Å². The van der Waals surface area contributed by atoms with Crippen molar-refractivity contribution in [1.29, 1.82) is 0 Å². The molecule has 1 aromatic heterocycles. The number of furan rings is 1. The number of ether oxygens (including phenoxy) is 1. The lowest BCUT2D eigenvalue weighted by molar-refractivity contribution is -0.141. The van der Waals surface area contributed by atoms with E-state index in [1.807, 2.05) is 6.07 Å². The molecule has 3 aromatic carbocycles. The second kappa shape index (κ2) is 10.2. The minimum absolute atomic E-state index is 0.0494. The molecule has 1 atom stereocenters. The molecule has 1 aliphatic heterocycles. The SMILES string of the molecule is O=C(O)[C@@H]1CCCN1C(=O)c1cccc(COc2ccc(-c3cc(F)c(F)c4cc(C#[N+][O-])oc34)cc2)c1. The molecule has 1 amide bonds. The summed E-state index contributed by atoms with van der Waals surface area (Å²) in [7, 11) is 0. The average Bonchev–Trinajstić information content (AvgIpc) is 3.58. The van der Waals surface area contributed by atoms with Gasteiger partial charge in [-0.1, -0.05) is 24.3 Å². The number of nitrogens with zero attached hydrogens (tertiary/aromatic N) is 2. The summed E-state index contributed by atoms with van der Waals surface area (Å²) in [6.45, 7) is 0.543. The van der Waals surface area contributed by atoms with Crippen LogP contribution in [0.5, 0.6) is 5.75 Å². The van der Waals surface area contributed by atoms with Gasteiger partial charge in [0.15, 0.2) is 11.6 Å². The Morgan fingerprint density at radius 3 is 2.68 bits per heavy atom.